The van der Waals surface area contributed by atoms with Gasteiger partial charge in [-0.2, -0.15) is 0 Å². The zero-order chi connectivity index (χ0) is 11.5. The summed E-state index contributed by atoms with van der Waals surface area (Å²) in [7, 11) is 0. The fourth-order valence-corrected chi connectivity index (χ4v) is 1.66. The molecule has 0 bridgehead atoms. The van der Waals surface area contributed by atoms with Gasteiger partial charge in [-0.1, -0.05) is 6.92 Å². The molecule has 15 heavy (non-hydrogen) atoms. The molecule has 1 aliphatic rings. The van der Waals surface area contributed by atoms with Crippen molar-refractivity contribution in [3.63, 3.8) is 0 Å². The van der Waals surface area contributed by atoms with Gasteiger partial charge in [-0.15, -0.1) is 0 Å². The largest absolute Gasteiger partial charge is 0.390 e. The lowest BCUT2D eigenvalue weighted by molar-refractivity contribution is -0.136. The minimum atomic E-state index is -3.20. The van der Waals surface area contributed by atoms with Crippen LogP contribution in [-0.4, -0.2) is 54.1 Å². The summed E-state index contributed by atoms with van der Waals surface area (Å²) < 4.78 is 25.7. The fraction of sp³-hybridized carbons (Fsp3) is 0.889. The van der Waals surface area contributed by atoms with Crippen LogP contribution in [0.5, 0.6) is 0 Å². The van der Waals surface area contributed by atoms with Gasteiger partial charge < -0.3 is 15.3 Å². The van der Waals surface area contributed by atoms with E-state index in [4.69, 9.17) is 5.11 Å². The quantitative estimate of drug-likeness (QED) is 0.678. The maximum atomic E-state index is 12.8. The maximum Gasteiger partial charge on any atom is 0.287 e. The Hall–Kier alpha value is -0.750. The van der Waals surface area contributed by atoms with E-state index in [0.717, 1.165) is 4.90 Å². The Morgan fingerprint density at radius 2 is 2.33 bits per heavy atom. The summed E-state index contributed by atoms with van der Waals surface area (Å²) in [4.78, 5) is 12.6. The van der Waals surface area contributed by atoms with Crippen LogP contribution in [0.2, 0.25) is 0 Å². The zero-order valence-corrected chi connectivity index (χ0v) is 8.67. The molecule has 1 heterocycles. The number of halogens is 2. The Bertz CT molecular complexity index is 236. The van der Waals surface area contributed by atoms with Crippen molar-refractivity contribution < 1.29 is 18.7 Å². The Balaban J connectivity index is 2.49. The molecule has 4 nitrogen and oxygen atoms in total. The average molecular weight is 222 g/mol. The number of carbonyl (C=O) groups excluding carboxylic acids is 1. The third-order valence-electron chi connectivity index (χ3n) is 2.40. The van der Waals surface area contributed by atoms with Crippen LogP contribution in [0.4, 0.5) is 8.78 Å². The number of aliphatic hydroxyl groups is 1. The molecule has 0 aromatic rings. The van der Waals surface area contributed by atoms with Crippen LogP contribution in [-0.2, 0) is 4.79 Å². The number of hydrogen-bond acceptors (Lipinski definition) is 3. The lowest BCUT2D eigenvalue weighted by Crippen LogP contribution is -2.44. The van der Waals surface area contributed by atoms with Gasteiger partial charge in [0.1, 0.15) is 6.61 Å². The number of alkyl halides is 2. The summed E-state index contributed by atoms with van der Waals surface area (Å²) >= 11 is 0. The van der Waals surface area contributed by atoms with E-state index in [1.807, 2.05) is 6.92 Å². The molecule has 1 saturated heterocycles. The summed E-state index contributed by atoms with van der Waals surface area (Å²) in [5.74, 6) is -3.50. The van der Waals surface area contributed by atoms with Gasteiger partial charge in [0.15, 0.2) is 0 Å². The first-order valence-corrected chi connectivity index (χ1v) is 5.01. The molecule has 0 spiro atoms. The smallest absolute Gasteiger partial charge is 0.287 e. The second kappa shape index (κ2) is 4.85. The Labute approximate surface area is 87.2 Å². The van der Waals surface area contributed by atoms with E-state index in [1.54, 1.807) is 0 Å². The Morgan fingerprint density at radius 1 is 1.67 bits per heavy atom. The lowest BCUT2D eigenvalue weighted by atomic mass is 10.2. The van der Waals surface area contributed by atoms with Crippen LogP contribution in [0.25, 0.3) is 0 Å². The number of rotatable bonds is 5. The molecular weight excluding hydrogens is 206 g/mol. The van der Waals surface area contributed by atoms with Gasteiger partial charge in [0.05, 0.1) is 12.6 Å². The molecular formula is C9H16F2N2O2. The van der Waals surface area contributed by atoms with Crippen molar-refractivity contribution in [2.45, 2.75) is 25.3 Å². The minimum absolute atomic E-state index is 0.301. The van der Waals surface area contributed by atoms with Gasteiger partial charge in [0.2, 0.25) is 5.91 Å². The second-order valence-corrected chi connectivity index (χ2v) is 3.67. The van der Waals surface area contributed by atoms with E-state index in [-0.39, 0.29) is 11.9 Å². The predicted molar refractivity (Wildman–Crippen MR) is 50.7 cm³/mol. The highest BCUT2D eigenvalue weighted by Gasteiger charge is 2.38. The molecule has 1 unspecified atom stereocenters. The number of nitrogens with zero attached hydrogens (tertiary/aromatic N) is 1. The van der Waals surface area contributed by atoms with Crippen molar-refractivity contribution in [1.29, 1.82) is 0 Å². The molecule has 0 aliphatic carbocycles. The summed E-state index contributed by atoms with van der Waals surface area (Å²) in [6, 6.07) is -0.343. The number of likely N-dealkylation sites (N-methyl/N-ethyl adjacent to an activating group) is 1. The minimum Gasteiger partial charge on any atom is -0.390 e. The van der Waals surface area contributed by atoms with Crippen molar-refractivity contribution in [2.75, 3.05) is 26.2 Å². The van der Waals surface area contributed by atoms with Crippen LogP contribution >= 0.6 is 0 Å². The molecule has 0 aromatic carbocycles. The lowest BCUT2D eigenvalue weighted by Gasteiger charge is -2.22. The average Bonchev–Trinajstić information content (AvgIpc) is 2.50. The summed E-state index contributed by atoms with van der Waals surface area (Å²) in [5, 5.41) is 11.3. The third kappa shape index (κ3) is 3.10. The fourth-order valence-electron chi connectivity index (χ4n) is 1.66. The molecule has 1 atom stereocenters. The van der Waals surface area contributed by atoms with Crippen LogP contribution < -0.4 is 5.32 Å². The summed E-state index contributed by atoms with van der Waals surface area (Å²) in [5.41, 5.74) is 0. The first kappa shape index (κ1) is 12.3. The van der Waals surface area contributed by atoms with Crippen molar-refractivity contribution in [2.24, 2.45) is 0 Å². The Kier molecular flexibility index (Phi) is 3.98. The highest BCUT2D eigenvalue weighted by Crippen LogP contribution is 2.19. The maximum absolute atomic E-state index is 12.8. The molecule has 1 amide bonds. The van der Waals surface area contributed by atoms with E-state index in [1.165, 1.54) is 0 Å². The van der Waals surface area contributed by atoms with Gasteiger partial charge in [0, 0.05) is 6.54 Å². The standard InChI is InChI=1S/C9H16F2N2O2/c1-2-12-7-3-4-13(8(7)15)5-9(10,11)6-14/h7,12,14H,2-6H2,1H3. The number of carbonyl (C=O) groups is 1. The van der Waals surface area contributed by atoms with E-state index >= 15 is 0 Å². The molecule has 0 saturated carbocycles. The first-order valence-electron chi connectivity index (χ1n) is 5.01. The van der Waals surface area contributed by atoms with E-state index in [2.05, 4.69) is 5.32 Å². The number of nitrogens with one attached hydrogen (secondary N) is 1. The summed E-state index contributed by atoms with van der Waals surface area (Å²) in [6.07, 6.45) is 0.550. The van der Waals surface area contributed by atoms with Gasteiger partial charge in [-0.25, -0.2) is 8.78 Å². The van der Waals surface area contributed by atoms with Gasteiger partial charge >= 0.3 is 0 Å². The van der Waals surface area contributed by atoms with Gasteiger partial charge in [-0.3, -0.25) is 4.79 Å². The molecule has 1 fully saturated rings. The molecule has 6 heteroatoms. The van der Waals surface area contributed by atoms with E-state index < -0.39 is 19.1 Å². The number of aliphatic hydroxyl groups excluding tert-OH is 1. The van der Waals surface area contributed by atoms with Gasteiger partial charge in [-0.05, 0) is 13.0 Å². The molecule has 0 radical (unpaired) electrons. The highest BCUT2D eigenvalue weighted by atomic mass is 19.3. The zero-order valence-electron chi connectivity index (χ0n) is 8.67. The van der Waals surface area contributed by atoms with Crippen LogP contribution in [0.15, 0.2) is 0 Å². The number of hydrogen-bond donors (Lipinski definition) is 2. The predicted octanol–water partition coefficient (Wildman–Crippen LogP) is -0.176. The van der Waals surface area contributed by atoms with E-state index in [0.29, 0.717) is 19.5 Å². The normalized spacial score (nSPS) is 22.5. The molecule has 2 N–H and O–H groups in total. The third-order valence-corrected chi connectivity index (χ3v) is 2.40. The first-order chi connectivity index (χ1) is 7.00. The van der Waals surface area contributed by atoms with Crippen LogP contribution in [0.3, 0.4) is 0 Å². The monoisotopic (exact) mass is 222 g/mol. The summed E-state index contributed by atoms with van der Waals surface area (Å²) in [6.45, 7) is 0.915. The van der Waals surface area contributed by atoms with Crippen molar-refractivity contribution >= 4 is 5.91 Å². The second-order valence-electron chi connectivity index (χ2n) is 3.67. The molecule has 1 rings (SSSR count). The van der Waals surface area contributed by atoms with Crippen molar-refractivity contribution in [3.8, 4) is 0 Å². The van der Waals surface area contributed by atoms with Crippen molar-refractivity contribution in [1.82, 2.24) is 10.2 Å². The molecule has 88 valence electrons. The molecule has 1 aliphatic heterocycles. The van der Waals surface area contributed by atoms with Crippen LogP contribution in [0.1, 0.15) is 13.3 Å². The van der Waals surface area contributed by atoms with Crippen LogP contribution in [0, 0.1) is 0 Å². The highest BCUT2D eigenvalue weighted by molar-refractivity contribution is 5.84. The van der Waals surface area contributed by atoms with Crippen molar-refractivity contribution in [3.05, 3.63) is 0 Å². The SMILES string of the molecule is CCNC1CCN(CC(F)(F)CO)C1=O. The molecule has 0 aromatic heterocycles. The Morgan fingerprint density at radius 3 is 2.87 bits per heavy atom. The van der Waals surface area contributed by atoms with E-state index in [9.17, 15) is 13.6 Å². The number of likely N-dealkylation sites (tertiary alicyclic amines) is 1. The van der Waals surface area contributed by atoms with Gasteiger partial charge in [0.25, 0.3) is 5.92 Å². The number of amides is 1. The topological polar surface area (TPSA) is 52.6 Å².